The first kappa shape index (κ1) is 30.7. The van der Waals surface area contributed by atoms with Crippen LogP contribution in [-0.4, -0.2) is 19.6 Å². The first-order chi connectivity index (χ1) is 19.1. The molecule has 0 fully saturated rings. The van der Waals surface area contributed by atoms with E-state index < -0.39 is 0 Å². The average Bonchev–Trinajstić information content (AvgIpc) is 3.36. The highest BCUT2D eigenvalue weighted by Gasteiger charge is 2.18. The number of methoxy groups -OCH3 is 1. The van der Waals surface area contributed by atoms with E-state index >= 15 is 0 Å². The van der Waals surface area contributed by atoms with E-state index in [4.69, 9.17) is 9.47 Å². The molecule has 0 saturated carbocycles. The lowest BCUT2D eigenvalue weighted by Gasteiger charge is -2.15. The van der Waals surface area contributed by atoms with Crippen molar-refractivity contribution in [3.63, 3.8) is 0 Å². The molecule has 5 nitrogen and oxygen atoms in total. The summed E-state index contributed by atoms with van der Waals surface area (Å²) < 4.78 is 13.7. The zero-order chi connectivity index (χ0) is 27.7. The number of thiazole rings is 1. The molecule has 0 saturated heterocycles. The Kier molecular flexibility index (Phi) is 13.9. The molecule has 0 aliphatic carbocycles. The fourth-order valence-electron chi connectivity index (χ4n) is 4.77. The summed E-state index contributed by atoms with van der Waals surface area (Å²) in [6.07, 6.45) is 17.8. The molecule has 0 spiro atoms. The van der Waals surface area contributed by atoms with Crippen LogP contribution in [0.1, 0.15) is 105 Å². The van der Waals surface area contributed by atoms with E-state index in [1.54, 1.807) is 18.4 Å². The lowest BCUT2D eigenvalue weighted by Crippen LogP contribution is -2.35. The predicted molar refractivity (Wildman–Crippen MR) is 162 cm³/mol. The van der Waals surface area contributed by atoms with Crippen molar-refractivity contribution in [2.75, 3.05) is 19.0 Å². The topological polar surface area (TPSA) is 51.4 Å². The van der Waals surface area contributed by atoms with E-state index in [0.717, 1.165) is 18.4 Å². The third-order valence-corrected chi connectivity index (χ3v) is 8.01. The quantitative estimate of drug-likeness (QED) is 0.120. The van der Waals surface area contributed by atoms with Crippen LogP contribution in [0.15, 0.2) is 54.0 Å². The molecule has 0 unspecified atom stereocenters. The van der Waals surface area contributed by atoms with Crippen molar-refractivity contribution in [2.24, 2.45) is 0 Å². The molecule has 0 aliphatic rings. The van der Waals surface area contributed by atoms with Crippen molar-refractivity contribution in [1.29, 1.82) is 0 Å². The monoisotopic (exact) mass is 551 g/mol. The molecule has 3 aromatic rings. The van der Waals surface area contributed by atoms with Crippen LogP contribution in [0.25, 0.3) is 0 Å². The van der Waals surface area contributed by atoms with E-state index in [1.807, 2.05) is 42.5 Å². The molecular formula is C33H47N2O3S+. The molecule has 6 heteroatoms. The fraction of sp³-hybridized carbons (Fsp3) is 0.515. The van der Waals surface area contributed by atoms with E-state index in [9.17, 15) is 4.79 Å². The standard InChI is InChI=1S/C33H46N2O3S/c1-4-5-6-7-8-9-10-11-12-13-14-17-23-38-32-25-29(37-3)20-21-31(32)34-33(36)30-19-16-15-18-28(30)26-35-22-24-39-27(35)2/h15-16,18-22,24-25H,4-14,17,23,26H2,1-3H3/p+1. The van der Waals surface area contributed by atoms with Crippen LogP contribution < -0.4 is 19.4 Å². The Bertz CT molecular complexity index is 1130. The molecule has 1 aromatic heterocycles. The van der Waals surface area contributed by atoms with Gasteiger partial charge in [0.1, 0.15) is 11.5 Å². The third kappa shape index (κ3) is 10.7. The van der Waals surface area contributed by atoms with Gasteiger partial charge in [0.05, 0.1) is 24.8 Å². The van der Waals surface area contributed by atoms with Gasteiger partial charge in [0.15, 0.2) is 12.7 Å². The minimum atomic E-state index is -0.139. The maximum Gasteiger partial charge on any atom is 0.256 e. The van der Waals surface area contributed by atoms with Gasteiger partial charge in [-0.05, 0) is 24.6 Å². The van der Waals surface area contributed by atoms with Crippen LogP contribution >= 0.6 is 11.3 Å². The van der Waals surface area contributed by atoms with Gasteiger partial charge >= 0.3 is 0 Å². The first-order valence-electron chi connectivity index (χ1n) is 14.8. The Morgan fingerprint density at radius 2 is 1.56 bits per heavy atom. The minimum Gasteiger partial charge on any atom is -0.497 e. The normalized spacial score (nSPS) is 10.9. The van der Waals surface area contributed by atoms with Gasteiger partial charge in [-0.25, -0.2) is 0 Å². The molecule has 1 N–H and O–H groups in total. The van der Waals surface area contributed by atoms with E-state index in [1.165, 1.54) is 69.2 Å². The van der Waals surface area contributed by atoms with Gasteiger partial charge in [-0.15, -0.1) is 0 Å². The molecule has 39 heavy (non-hydrogen) atoms. The lowest BCUT2D eigenvalue weighted by atomic mass is 10.1. The number of hydrogen-bond acceptors (Lipinski definition) is 4. The Hall–Kier alpha value is -2.86. The van der Waals surface area contributed by atoms with Crippen molar-refractivity contribution in [3.05, 3.63) is 70.2 Å². The number of anilines is 1. The molecule has 3 rings (SSSR count). The van der Waals surface area contributed by atoms with Crippen molar-refractivity contribution < 1.29 is 18.8 Å². The number of unbranched alkanes of at least 4 members (excludes halogenated alkanes) is 11. The molecule has 0 atom stereocenters. The second-order valence-corrected chi connectivity index (χ2v) is 11.4. The fourth-order valence-corrected chi connectivity index (χ4v) is 5.43. The molecule has 1 amide bonds. The van der Waals surface area contributed by atoms with Crippen LogP contribution in [0.5, 0.6) is 11.5 Å². The van der Waals surface area contributed by atoms with Crippen molar-refractivity contribution in [3.8, 4) is 11.5 Å². The van der Waals surface area contributed by atoms with Crippen molar-refractivity contribution in [2.45, 2.75) is 97.4 Å². The van der Waals surface area contributed by atoms with Gasteiger partial charge in [0, 0.05) is 24.1 Å². The van der Waals surface area contributed by atoms with E-state index in [0.29, 0.717) is 35.9 Å². The Labute approximate surface area is 239 Å². The number of nitrogens with zero attached hydrogens (tertiary/aromatic N) is 1. The molecule has 0 bridgehead atoms. The summed E-state index contributed by atoms with van der Waals surface area (Å²) in [5, 5.41) is 6.35. The van der Waals surface area contributed by atoms with Gasteiger partial charge in [-0.2, -0.15) is 4.57 Å². The van der Waals surface area contributed by atoms with Crippen LogP contribution in [0.4, 0.5) is 5.69 Å². The molecule has 0 radical (unpaired) electrons. The highest BCUT2D eigenvalue weighted by molar-refractivity contribution is 7.09. The Balaban J connectivity index is 1.46. The van der Waals surface area contributed by atoms with Crippen molar-refractivity contribution in [1.82, 2.24) is 0 Å². The molecule has 1 heterocycles. The number of carbonyl (C=O) groups excluding carboxylic acids is 1. The number of aryl methyl sites for hydroxylation is 1. The van der Waals surface area contributed by atoms with E-state index in [2.05, 4.69) is 35.3 Å². The lowest BCUT2D eigenvalue weighted by molar-refractivity contribution is -0.689. The number of rotatable bonds is 19. The summed E-state index contributed by atoms with van der Waals surface area (Å²) in [7, 11) is 1.64. The summed E-state index contributed by atoms with van der Waals surface area (Å²) in [5.74, 6) is 1.22. The highest BCUT2D eigenvalue weighted by Crippen LogP contribution is 2.30. The second kappa shape index (κ2) is 17.7. The molecule has 212 valence electrons. The van der Waals surface area contributed by atoms with E-state index in [-0.39, 0.29) is 5.91 Å². The maximum atomic E-state index is 13.3. The van der Waals surface area contributed by atoms with Crippen molar-refractivity contribution >= 4 is 22.9 Å². The number of ether oxygens (including phenoxy) is 2. The van der Waals surface area contributed by atoms with Gasteiger partial charge in [0.2, 0.25) is 5.01 Å². The molecular weight excluding hydrogens is 504 g/mol. The zero-order valence-corrected chi connectivity index (χ0v) is 25.0. The number of hydrogen-bond donors (Lipinski definition) is 1. The number of aromatic nitrogens is 1. The highest BCUT2D eigenvalue weighted by atomic mass is 32.1. The van der Waals surface area contributed by atoms with Gasteiger partial charge < -0.3 is 14.8 Å². The smallest absolute Gasteiger partial charge is 0.256 e. The number of nitrogens with one attached hydrogen (secondary N) is 1. The predicted octanol–water partition coefficient (Wildman–Crippen LogP) is 8.73. The zero-order valence-electron chi connectivity index (χ0n) is 24.2. The van der Waals surface area contributed by atoms with Gasteiger partial charge in [0.25, 0.3) is 5.91 Å². The van der Waals surface area contributed by atoms with Gasteiger partial charge in [-0.1, -0.05) is 107 Å². The summed E-state index contributed by atoms with van der Waals surface area (Å²) in [4.78, 5) is 13.3. The van der Waals surface area contributed by atoms with Crippen LogP contribution in [0.3, 0.4) is 0 Å². The van der Waals surface area contributed by atoms with Crippen LogP contribution in [0, 0.1) is 6.92 Å². The minimum absolute atomic E-state index is 0.139. The largest absolute Gasteiger partial charge is 0.497 e. The average molecular weight is 552 g/mol. The summed E-state index contributed by atoms with van der Waals surface area (Å²) >= 11 is 1.70. The maximum absolute atomic E-state index is 13.3. The molecule has 0 aliphatic heterocycles. The number of amides is 1. The number of benzene rings is 2. The number of carbonyl (C=O) groups is 1. The summed E-state index contributed by atoms with van der Waals surface area (Å²) in [6.45, 7) is 5.64. The van der Waals surface area contributed by atoms with Crippen LogP contribution in [0.2, 0.25) is 0 Å². The SMILES string of the molecule is CCCCCCCCCCCCCCOc1cc(OC)ccc1NC(=O)c1ccccc1C[n+]1ccsc1C. The van der Waals surface area contributed by atoms with Crippen LogP contribution in [-0.2, 0) is 6.54 Å². The summed E-state index contributed by atoms with van der Waals surface area (Å²) in [6, 6.07) is 13.3. The van der Waals surface area contributed by atoms with Gasteiger partial charge in [-0.3, -0.25) is 4.79 Å². The first-order valence-corrected chi connectivity index (χ1v) is 15.6. The summed E-state index contributed by atoms with van der Waals surface area (Å²) in [5.41, 5.74) is 2.31. The molecule has 2 aromatic carbocycles. The Morgan fingerprint density at radius 3 is 2.21 bits per heavy atom. The second-order valence-electron chi connectivity index (χ2n) is 10.3. The Morgan fingerprint density at radius 1 is 0.897 bits per heavy atom. The third-order valence-electron chi connectivity index (χ3n) is 7.18.